The van der Waals surface area contributed by atoms with Gasteiger partial charge in [0.05, 0.1) is 12.3 Å². The lowest BCUT2D eigenvalue weighted by atomic mass is 9.86. The Kier molecular flexibility index (Phi) is 4.82. The van der Waals surface area contributed by atoms with Gasteiger partial charge in [-0.3, -0.25) is 14.4 Å². The zero-order valence-electron chi connectivity index (χ0n) is 16.8. The number of carbonyl (C=O) groups excluding carboxylic acids is 2. The summed E-state index contributed by atoms with van der Waals surface area (Å²) in [5, 5.41) is 1.34. The normalized spacial score (nSPS) is 16.0. The van der Waals surface area contributed by atoms with E-state index in [1.807, 2.05) is 56.3 Å². The lowest BCUT2D eigenvalue weighted by Gasteiger charge is -2.27. The summed E-state index contributed by atoms with van der Waals surface area (Å²) < 4.78 is 6.66. The molecular weight excluding hydrogens is 366 g/mol. The summed E-state index contributed by atoms with van der Waals surface area (Å²) in [4.78, 5) is 39.1. The van der Waals surface area contributed by atoms with Gasteiger partial charge in [0.15, 0.2) is 5.78 Å². The van der Waals surface area contributed by atoms with Crippen molar-refractivity contribution in [3.63, 3.8) is 0 Å². The molecule has 3 aromatic rings. The molecule has 1 aliphatic rings. The number of aryl methyl sites for hydroxylation is 2. The molecule has 148 valence electrons. The summed E-state index contributed by atoms with van der Waals surface area (Å²) in [7, 11) is 0. The van der Waals surface area contributed by atoms with Gasteiger partial charge in [0.25, 0.3) is 5.56 Å². The summed E-state index contributed by atoms with van der Waals surface area (Å²) in [5.74, 6) is -1.73. The number of hydrogen-bond donors (Lipinski definition) is 0. The van der Waals surface area contributed by atoms with E-state index in [9.17, 15) is 14.4 Å². The molecule has 2 aromatic carbocycles. The van der Waals surface area contributed by atoms with Crippen LogP contribution in [0.25, 0.3) is 21.9 Å². The Labute approximate surface area is 168 Å². The summed E-state index contributed by atoms with van der Waals surface area (Å²) in [6.45, 7) is 6.22. The first-order valence-corrected chi connectivity index (χ1v) is 9.88. The molecule has 0 saturated heterocycles. The molecule has 1 unspecified atom stereocenters. The minimum absolute atomic E-state index is 0.187. The highest BCUT2D eigenvalue weighted by molar-refractivity contribution is 6.15. The van der Waals surface area contributed by atoms with Crippen LogP contribution in [0, 0.1) is 19.8 Å². The molecular formula is C24H23NO4. The number of rotatable bonds is 3. The highest BCUT2D eigenvalue weighted by Gasteiger charge is 2.37. The van der Waals surface area contributed by atoms with E-state index in [4.69, 9.17) is 4.74 Å². The number of aromatic nitrogens is 1. The van der Waals surface area contributed by atoms with E-state index in [1.54, 1.807) is 6.92 Å². The molecule has 0 aliphatic carbocycles. The van der Waals surface area contributed by atoms with Crippen molar-refractivity contribution in [3.05, 3.63) is 69.6 Å². The lowest BCUT2D eigenvalue weighted by molar-refractivity contribution is -0.146. The van der Waals surface area contributed by atoms with Crippen LogP contribution < -0.4 is 5.56 Å². The first-order chi connectivity index (χ1) is 13.9. The molecule has 0 fully saturated rings. The number of hydrogen-bond acceptors (Lipinski definition) is 4. The molecule has 0 saturated carbocycles. The maximum atomic E-state index is 13.4. The van der Waals surface area contributed by atoms with Crippen LogP contribution in [-0.4, -0.2) is 22.9 Å². The van der Waals surface area contributed by atoms with Crippen LogP contribution in [0.2, 0.25) is 0 Å². The van der Waals surface area contributed by atoms with Crippen molar-refractivity contribution < 1.29 is 14.3 Å². The molecule has 5 heteroatoms. The molecule has 5 nitrogen and oxygen atoms in total. The van der Waals surface area contributed by atoms with Crippen molar-refractivity contribution in [1.82, 2.24) is 4.57 Å². The molecule has 0 amide bonds. The van der Waals surface area contributed by atoms with Gasteiger partial charge in [-0.05, 0) is 55.3 Å². The van der Waals surface area contributed by atoms with Gasteiger partial charge in [-0.2, -0.15) is 0 Å². The van der Waals surface area contributed by atoms with Gasteiger partial charge in [-0.25, -0.2) is 0 Å². The number of fused-ring (bicyclic) bond motifs is 2. The maximum absolute atomic E-state index is 13.4. The van der Waals surface area contributed by atoms with Gasteiger partial charge >= 0.3 is 5.97 Å². The second-order valence-electron chi connectivity index (χ2n) is 7.49. The molecule has 1 aliphatic heterocycles. The Balaban J connectivity index is 2.09. The van der Waals surface area contributed by atoms with Gasteiger partial charge in [-0.1, -0.05) is 36.4 Å². The van der Waals surface area contributed by atoms with Gasteiger partial charge in [-0.15, -0.1) is 0 Å². The van der Waals surface area contributed by atoms with Gasteiger partial charge in [0.2, 0.25) is 0 Å². The Bertz CT molecular complexity index is 1190. The number of carbonyl (C=O) groups is 2. The van der Waals surface area contributed by atoms with Gasteiger partial charge < -0.3 is 9.30 Å². The van der Waals surface area contributed by atoms with E-state index in [0.29, 0.717) is 23.2 Å². The standard InChI is InChI=1S/C24H23NO4/c1-4-29-24(28)17-10-11-25-21(22(17)26)20(16-8-6-5-7-9-16)18-12-14(2)15(3)13-19(18)23(25)27/h5-9,12-13,17H,4,10-11H2,1-3H3. The largest absolute Gasteiger partial charge is 0.465 e. The van der Waals surface area contributed by atoms with Crippen molar-refractivity contribution in [2.75, 3.05) is 6.61 Å². The van der Waals surface area contributed by atoms with Crippen LogP contribution in [-0.2, 0) is 16.1 Å². The number of ketones is 1. The fraction of sp³-hybridized carbons (Fsp3) is 0.292. The highest BCUT2D eigenvalue weighted by atomic mass is 16.5. The molecule has 4 rings (SSSR count). The van der Waals surface area contributed by atoms with Crippen molar-refractivity contribution in [3.8, 4) is 11.1 Å². The monoisotopic (exact) mass is 389 g/mol. The summed E-state index contributed by atoms with van der Waals surface area (Å²) in [5.41, 5.74) is 3.75. The number of ether oxygens (including phenoxy) is 1. The third kappa shape index (κ3) is 3.07. The molecule has 2 heterocycles. The van der Waals surface area contributed by atoms with E-state index in [-0.39, 0.29) is 24.4 Å². The maximum Gasteiger partial charge on any atom is 0.316 e. The molecule has 0 N–H and O–H groups in total. The number of nitrogens with zero attached hydrogens (tertiary/aromatic N) is 1. The van der Waals surface area contributed by atoms with Crippen molar-refractivity contribution in [1.29, 1.82) is 0 Å². The van der Waals surface area contributed by atoms with Crippen LogP contribution in [0.3, 0.4) is 0 Å². The van der Waals surface area contributed by atoms with Crippen molar-refractivity contribution in [2.24, 2.45) is 5.92 Å². The second kappa shape index (κ2) is 7.32. The Morgan fingerprint density at radius 1 is 1.07 bits per heavy atom. The summed E-state index contributed by atoms with van der Waals surface area (Å²) in [6.07, 6.45) is 0.273. The topological polar surface area (TPSA) is 65.4 Å². The Hall–Kier alpha value is -3.21. The quantitative estimate of drug-likeness (QED) is 0.501. The third-order valence-corrected chi connectivity index (χ3v) is 5.71. The zero-order chi connectivity index (χ0) is 20.7. The predicted octanol–water partition coefficient (Wildman–Crippen LogP) is 4.05. The fourth-order valence-corrected chi connectivity index (χ4v) is 4.10. The van der Waals surface area contributed by atoms with E-state index in [2.05, 4.69) is 0 Å². The van der Waals surface area contributed by atoms with Crippen LogP contribution in [0.5, 0.6) is 0 Å². The zero-order valence-corrected chi connectivity index (χ0v) is 16.8. The third-order valence-electron chi connectivity index (χ3n) is 5.71. The molecule has 1 atom stereocenters. The first kappa shape index (κ1) is 19.1. The first-order valence-electron chi connectivity index (χ1n) is 9.88. The number of esters is 1. The minimum Gasteiger partial charge on any atom is -0.465 e. The number of Topliss-reactive ketones (excluding diaryl/α,β-unsaturated/α-hetero) is 1. The predicted molar refractivity (Wildman–Crippen MR) is 112 cm³/mol. The van der Waals surface area contributed by atoms with Crippen molar-refractivity contribution >= 4 is 22.5 Å². The van der Waals surface area contributed by atoms with E-state index >= 15 is 0 Å². The second-order valence-corrected chi connectivity index (χ2v) is 7.49. The minimum atomic E-state index is -0.874. The van der Waals surface area contributed by atoms with Gasteiger partial charge in [0.1, 0.15) is 5.92 Å². The molecule has 1 aromatic heterocycles. The summed E-state index contributed by atoms with van der Waals surface area (Å²) >= 11 is 0. The summed E-state index contributed by atoms with van der Waals surface area (Å²) in [6, 6.07) is 13.4. The van der Waals surface area contributed by atoms with Gasteiger partial charge in [0, 0.05) is 17.5 Å². The SMILES string of the molecule is CCOC(=O)C1CCn2c(c(-c3ccccc3)c3cc(C)c(C)cc3c2=O)C1=O. The smallest absolute Gasteiger partial charge is 0.316 e. The number of benzene rings is 2. The van der Waals surface area contributed by atoms with Crippen LogP contribution in [0.4, 0.5) is 0 Å². The fourth-order valence-electron chi connectivity index (χ4n) is 4.10. The molecule has 0 bridgehead atoms. The van der Waals surface area contributed by atoms with Crippen LogP contribution in [0.15, 0.2) is 47.3 Å². The van der Waals surface area contributed by atoms with Crippen molar-refractivity contribution in [2.45, 2.75) is 33.7 Å². The molecule has 29 heavy (non-hydrogen) atoms. The van der Waals surface area contributed by atoms with Crippen LogP contribution >= 0.6 is 0 Å². The number of pyridine rings is 1. The van der Waals surface area contributed by atoms with E-state index < -0.39 is 11.9 Å². The molecule has 0 spiro atoms. The Morgan fingerprint density at radius 3 is 2.38 bits per heavy atom. The average molecular weight is 389 g/mol. The van der Waals surface area contributed by atoms with E-state index in [0.717, 1.165) is 22.1 Å². The molecule has 0 radical (unpaired) electrons. The lowest BCUT2D eigenvalue weighted by Crippen LogP contribution is -2.39. The van der Waals surface area contributed by atoms with E-state index in [1.165, 1.54) is 4.57 Å². The Morgan fingerprint density at radius 2 is 1.72 bits per heavy atom. The van der Waals surface area contributed by atoms with Crippen LogP contribution in [0.1, 0.15) is 35.0 Å². The highest BCUT2D eigenvalue weighted by Crippen LogP contribution is 2.36. The average Bonchev–Trinajstić information content (AvgIpc) is 2.71.